The van der Waals surface area contributed by atoms with Gasteiger partial charge in [-0.25, -0.2) is 4.79 Å². The summed E-state index contributed by atoms with van der Waals surface area (Å²) < 4.78 is 0. The van der Waals surface area contributed by atoms with Gasteiger partial charge in [0.15, 0.2) is 0 Å². The van der Waals surface area contributed by atoms with Crippen molar-refractivity contribution >= 4 is 29.6 Å². The molecule has 0 radical (unpaired) electrons. The number of unbranched alkanes of at least 4 members (excludes halogenated alkanes) is 1. The Kier molecular flexibility index (Phi) is 13.8. The summed E-state index contributed by atoms with van der Waals surface area (Å²) in [6.07, 6.45) is -0.330. The Morgan fingerprint density at radius 3 is 2.05 bits per heavy atom. The molecule has 0 aliphatic carbocycles. The van der Waals surface area contributed by atoms with E-state index in [4.69, 9.17) is 17.2 Å². The van der Waals surface area contributed by atoms with E-state index in [-0.39, 0.29) is 25.7 Å². The van der Waals surface area contributed by atoms with Crippen LogP contribution >= 0.6 is 0 Å². The zero-order valence-corrected chi connectivity index (χ0v) is 20.9. The van der Waals surface area contributed by atoms with Crippen LogP contribution in [0, 0.1) is 0 Å². The molecule has 13 heteroatoms. The van der Waals surface area contributed by atoms with E-state index < -0.39 is 59.9 Å². The standard InChI is InChI=1S/C24H38N6O7/c1-14(31)20(30-21(33)16(26)10-11-19(27)32)23(35)29-18(13-15-7-3-2-4-8-15)22(34)28-17(24(36)37)9-5-6-12-25/h2-4,7-8,14,16-18,20,31H,5-6,9-13,25-26H2,1H3,(H2,27,32)(H,28,34)(H,29,35)(H,30,33)(H,36,37). The van der Waals surface area contributed by atoms with Gasteiger partial charge < -0.3 is 43.4 Å². The number of aliphatic hydroxyl groups excluding tert-OH is 1. The molecule has 0 fully saturated rings. The topological polar surface area (TPSA) is 240 Å². The van der Waals surface area contributed by atoms with Crippen LogP contribution < -0.4 is 33.2 Å². The number of benzene rings is 1. The predicted molar refractivity (Wildman–Crippen MR) is 135 cm³/mol. The van der Waals surface area contributed by atoms with Crippen molar-refractivity contribution in [3.05, 3.63) is 35.9 Å². The first-order valence-corrected chi connectivity index (χ1v) is 12.1. The summed E-state index contributed by atoms with van der Waals surface area (Å²) in [5, 5.41) is 26.9. The zero-order chi connectivity index (χ0) is 28.0. The van der Waals surface area contributed by atoms with Crippen molar-refractivity contribution in [2.75, 3.05) is 6.54 Å². The number of carboxylic acid groups (broad SMARTS) is 1. The smallest absolute Gasteiger partial charge is 0.326 e. The van der Waals surface area contributed by atoms with Gasteiger partial charge in [0.2, 0.25) is 23.6 Å². The fraction of sp³-hybridized carbons (Fsp3) is 0.542. The third-order valence-electron chi connectivity index (χ3n) is 5.58. The molecule has 0 aromatic heterocycles. The SMILES string of the molecule is CC(O)C(NC(=O)C(N)CCC(N)=O)C(=O)NC(Cc1ccccc1)C(=O)NC(CCCCN)C(=O)O. The average molecular weight is 523 g/mol. The number of aliphatic carboxylic acids is 1. The quantitative estimate of drug-likeness (QED) is 0.104. The minimum Gasteiger partial charge on any atom is -0.480 e. The van der Waals surface area contributed by atoms with Gasteiger partial charge in [-0.05, 0) is 44.7 Å². The third-order valence-corrected chi connectivity index (χ3v) is 5.58. The Hall–Kier alpha value is -3.55. The minimum atomic E-state index is -1.47. The largest absolute Gasteiger partial charge is 0.480 e. The fourth-order valence-corrected chi connectivity index (χ4v) is 3.44. The number of hydrogen-bond donors (Lipinski definition) is 8. The van der Waals surface area contributed by atoms with Crippen molar-refractivity contribution < 1.29 is 34.2 Å². The van der Waals surface area contributed by atoms with Crippen LogP contribution in [0.15, 0.2) is 30.3 Å². The summed E-state index contributed by atoms with van der Waals surface area (Å²) in [5.74, 6) is -4.29. The average Bonchev–Trinajstić information content (AvgIpc) is 2.84. The lowest BCUT2D eigenvalue weighted by atomic mass is 10.0. The molecule has 206 valence electrons. The van der Waals surface area contributed by atoms with Crippen LogP contribution in [0.4, 0.5) is 0 Å². The van der Waals surface area contributed by atoms with Gasteiger partial charge in [0, 0.05) is 12.8 Å². The number of carbonyl (C=O) groups excluding carboxylic acids is 4. The Morgan fingerprint density at radius 1 is 0.892 bits per heavy atom. The molecular formula is C24H38N6O7. The highest BCUT2D eigenvalue weighted by Gasteiger charge is 2.32. The summed E-state index contributed by atoms with van der Waals surface area (Å²) in [6, 6.07) is 3.68. The Morgan fingerprint density at radius 2 is 1.51 bits per heavy atom. The first kappa shape index (κ1) is 31.5. The van der Waals surface area contributed by atoms with Crippen LogP contribution in [0.2, 0.25) is 0 Å². The molecule has 0 bridgehead atoms. The summed E-state index contributed by atoms with van der Waals surface area (Å²) >= 11 is 0. The van der Waals surface area contributed by atoms with E-state index in [1.807, 2.05) is 0 Å². The summed E-state index contributed by atoms with van der Waals surface area (Å²) in [6.45, 7) is 1.65. The first-order valence-electron chi connectivity index (χ1n) is 12.1. The number of hydrogen-bond acceptors (Lipinski definition) is 8. The van der Waals surface area contributed by atoms with E-state index in [1.54, 1.807) is 30.3 Å². The van der Waals surface area contributed by atoms with E-state index in [0.717, 1.165) is 0 Å². The van der Waals surface area contributed by atoms with E-state index in [0.29, 0.717) is 24.9 Å². The number of carbonyl (C=O) groups is 5. The van der Waals surface area contributed by atoms with Gasteiger partial charge in [-0.2, -0.15) is 0 Å². The number of rotatable bonds is 17. The molecular weight excluding hydrogens is 484 g/mol. The van der Waals surface area contributed by atoms with Crippen LogP contribution in [0.1, 0.15) is 44.6 Å². The molecule has 5 unspecified atom stereocenters. The maximum Gasteiger partial charge on any atom is 0.326 e. The van der Waals surface area contributed by atoms with Crippen LogP contribution in [-0.4, -0.2) is 76.6 Å². The van der Waals surface area contributed by atoms with Crippen molar-refractivity contribution in [3.63, 3.8) is 0 Å². The van der Waals surface area contributed by atoms with E-state index >= 15 is 0 Å². The predicted octanol–water partition coefficient (Wildman–Crippen LogP) is -2.13. The minimum absolute atomic E-state index is 0.0200. The lowest BCUT2D eigenvalue weighted by molar-refractivity contribution is -0.142. The number of amides is 4. The molecule has 1 aromatic rings. The molecule has 11 N–H and O–H groups in total. The van der Waals surface area contributed by atoms with Gasteiger partial charge in [0.1, 0.15) is 18.1 Å². The van der Waals surface area contributed by atoms with Crippen molar-refractivity contribution in [3.8, 4) is 0 Å². The number of primary amides is 1. The Bertz CT molecular complexity index is 912. The molecule has 0 spiro atoms. The highest BCUT2D eigenvalue weighted by molar-refractivity contribution is 5.94. The van der Waals surface area contributed by atoms with Crippen molar-refractivity contribution in [2.45, 2.75) is 75.7 Å². The molecule has 13 nitrogen and oxygen atoms in total. The van der Waals surface area contributed by atoms with E-state index in [2.05, 4.69) is 16.0 Å². The Labute approximate surface area is 215 Å². The molecule has 37 heavy (non-hydrogen) atoms. The molecule has 0 saturated carbocycles. The number of aliphatic hydroxyl groups is 1. The van der Waals surface area contributed by atoms with Crippen LogP contribution in [0.5, 0.6) is 0 Å². The molecule has 4 amide bonds. The zero-order valence-electron chi connectivity index (χ0n) is 20.9. The van der Waals surface area contributed by atoms with Crippen molar-refractivity contribution in [2.24, 2.45) is 17.2 Å². The van der Waals surface area contributed by atoms with E-state index in [1.165, 1.54) is 6.92 Å². The summed E-state index contributed by atoms with van der Waals surface area (Å²) in [7, 11) is 0. The number of nitrogens with two attached hydrogens (primary N) is 3. The van der Waals surface area contributed by atoms with Gasteiger partial charge in [-0.1, -0.05) is 30.3 Å². The maximum absolute atomic E-state index is 13.1. The van der Waals surface area contributed by atoms with Crippen LogP contribution in [0.25, 0.3) is 0 Å². The van der Waals surface area contributed by atoms with Crippen molar-refractivity contribution in [1.29, 1.82) is 0 Å². The second kappa shape index (κ2) is 16.2. The lowest BCUT2D eigenvalue weighted by Gasteiger charge is -2.26. The number of carboxylic acids is 1. The highest BCUT2D eigenvalue weighted by atomic mass is 16.4. The normalized spacial score (nSPS) is 14.9. The molecule has 1 aromatic carbocycles. The summed E-state index contributed by atoms with van der Waals surface area (Å²) in [5.41, 5.74) is 16.9. The summed E-state index contributed by atoms with van der Waals surface area (Å²) in [4.78, 5) is 61.1. The maximum atomic E-state index is 13.1. The molecule has 0 aliphatic heterocycles. The van der Waals surface area contributed by atoms with Crippen LogP contribution in [-0.2, 0) is 30.4 Å². The van der Waals surface area contributed by atoms with Gasteiger partial charge in [0.25, 0.3) is 0 Å². The van der Waals surface area contributed by atoms with Gasteiger partial charge in [-0.3, -0.25) is 19.2 Å². The highest BCUT2D eigenvalue weighted by Crippen LogP contribution is 2.07. The lowest BCUT2D eigenvalue weighted by Crippen LogP contribution is -2.60. The van der Waals surface area contributed by atoms with Gasteiger partial charge >= 0.3 is 5.97 Å². The van der Waals surface area contributed by atoms with Crippen molar-refractivity contribution in [1.82, 2.24) is 16.0 Å². The molecule has 1 rings (SSSR count). The molecule has 0 aliphatic rings. The van der Waals surface area contributed by atoms with Gasteiger partial charge in [-0.15, -0.1) is 0 Å². The van der Waals surface area contributed by atoms with Crippen LogP contribution in [0.3, 0.4) is 0 Å². The molecule has 0 saturated heterocycles. The van der Waals surface area contributed by atoms with Gasteiger partial charge in [0.05, 0.1) is 12.1 Å². The second-order valence-corrected chi connectivity index (χ2v) is 8.77. The third kappa shape index (κ3) is 11.8. The molecule has 0 heterocycles. The van der Waals surface area contributed by atoms with E-state index in [9.17, 15) is 34.2 Å². The fourth-order valence-electron chi connectivity index (χ4n) is 3.44. The Balaban J connectivity index is 3.03. The number of nitrogens with one attached hydrogen (secondary N) is 3. The first-order chi connectivity index (χ1) is 17.5. The monoisotopic (exact) mass is 522 g/mol. The molecule has 5 atom stereocenters. The second-order valence-electron chi connectivity index (χ2n) is 8.77.